The van der Waals surface area contributed by atoms with Crippen molar-refractivity contribution in [2.75, 3.05) is 13.2 Å². The molecule has 2 N–H and O–H groups in total. The monoisotopic (exact) mass is 285 g/mol. The van der Waals surface area contributed by atoms with Crippen molar-refractivity contribution in [2.24, 2.45) is 11.8 Å². The number of nitrogens with one attached hydrogen (secondary N) is 1. The Morgan fingerprint density at radius 2 is 2.16 bits per heavy atom. The molecule has 1 aromatic rings. The number of nitrogens with zero attached hydrogens (tertiary/aromatic N) is 2. The molecule has 1 aliphatic carbocycles. The first kappa shape index (κ1) is 14.8. The third-order valence-electron chi connectivity index (χ3n) is 4.20. The molecule has 1 aromatic heterocycles. The van der Waals surface area contributed by atoms with Gasteiger partial charge in [0, 0.05) is 19.7 Å². The van der Waals surface area contributed by atoms with E-state index < -0.39 is 0 Å². The van der Waals surface area contributed by atoms with E-state index in [1.54, 1.807) is 0 Å². The number of aliphatic hydroxyl groups is 1. The van der Waals surface area contributed by atoms with Crippen LogP contribution in [-0.2, 0) is 13.1 Å². The summed E-state index contributed by atoms with van der Waals surface area (Å²) in [4.78, 5) is 0. The van der Waals surface area contributed by atoms with Crippen molar-refractivity contribution >= 4 is 11.6 Å². The predicted molar refractivity (Wildman–Crippen MR) is 77.3 cm³/mol. The Kier molecular flexibility index (Phi) is 5.25. The lowest BCUT2D eigenvalue weighted by atomic mass is 9.97. The van der Waals surface area contributed by atoms with Crippen molar-refractivity contribution in [1.29, 1.82) is 0 Å². The molecule has 0 aromatic carbocycles. The van der Waals surface area contributed by atoms with Gasteiger partial charge in [0.25, 0.3) is 0 Å². The van der Waals surface area contributed by atoms with E-state index in [0.717, 1.165) is 42.5 Å². The van der Waals surface area contributed by atoms with Crippen LogP contribution in [0, 0.1) is 18.8 Å². The van der Waals surface area contributed by atoms with Gasteiger partial charge in [-0.2, -0.15) is 5.10 Å². The maximum Gasteiger partial charge on any atom is 0.0860 e. The average molecular weight is 286 g/mol. The van der Waals surface area contributed by atoms with Crippen LogP contribution in [0.5, 0.6) is 0 Å². The molecule has 5 heteroatoms. The minimum atomic E-state index is 0.319. The van der Waals surface area contributed by atoms with Crippen LogP contribution in [0.3, 0.4) is 0 Å². The zero-order valence-corrected chi connectivity index (χ0v) is 12.6. The second-order valence-corrected chi connectivity index (χ2v) is 5.80. The molecule has 0 amide bonds. The van der Waals surface area contributed by atoms with Crippen molar-refractivity contribution < 1.29 is 5.11 Å². The van der Waals surface area contributed by atoms with Crippen LogP contribution in [0.4, 0.5) is 0 Å². The van der Waals surface area contributed by atoms with Gasteiger partial charge >= 0.3 is 0 Å². The lowest BCUT2D eigenvalue weighted by molar-refractivity contribution is 0.192. The number of aliphatic hydroxyl groups excluding tert-OH is 1. The second kappa shape index (κ2) is 6.73. The summed E-state index contributed by atoms with van der Waals surface area (Å²) in [6, 6.07) is 0. The lowest BCUT2D eigenvalue weighted by Gasteiger charge is -2.18. The Morgan fingerprint density at radius 1 is 1.42 bits per heavy atom. The minimum Gasteiger partial charge on any atom is -0.396 e. The first-order valence-electron chi connectivity index (χ1n) is 7.20. The molecule has 1 heterocycles. The molecule has 1 aliphatic rings. The van der Waals surface area contributed by atoms with Gasteiger partial charge in [0.05, 0.1) is 16.4 Å². The highest BCUT2D eigenvalue weighted by Gasteiger charge is 2.26. The molecule has 4 nitrogen and oxygen atoms in total. The zero-order chi connectivity index (χ0) is 13.8. The fraction of sp³-hybridized carbons (Fsp3) is 0.786. The highest BCUT2D eigenvalue weighted by Crippen LogP contribution is 2.30. The van der Waals surface area contributed by atoms with Crippen molar-refractivity contribution in [1.82, 2.24) is 15.1 Å². The number of rotatable bonds is 6. The van der Waals surface area contributed by atoms with E-state index in [4.69, 9.17) is 11.6 Å². The van der Waals surface area contributed by atoms with E-state index in [9.17, 15) is 5.11 Å². The topological polar surface area (TPSA) is 50.1 Å². The van der Waals surface area contributed by atoms with Gasteiger partial charge in [-0.05, 0) is 45.1 Å². The maximum absolute atomic E-state index is 9.32. The number of halogens is 1. The van der Waals surface area contributed by atoms with Crippen molar-refractivity contribution in [3.63, 3.8) is 0 Å². The normalized spacial score (nSPS) is 23.2. The second-order valence-electron chi connectivity index (χ2n) is 5.43. The fourth-order valence-corrected chi connectivity index (χ4v) is 3.24. The van der Waals surface area contributed by atoms with Crippen LogP contribution in [0.25, 0.3) is 0 Å². The summed E-state index contributed by atoms with van der Waals surface area (Å²) in [6.07, 6.45) is 3.62. The zero-order valence-electron chi connectivity index (χ0n) is 11.8. The third-order valence-corrected chi connectivity index (χ3v) is 4.69. The van der Waals surface area contributed by atoms with Gasteiger partial charge in [0.1, 0.15) is 0 Å². The van der Waals surface area contributed by atoms with Gasteiger partial charge in [-0.3, -0.25) is 4.68 Å². The predicted octanol–water partition coefficient (Wildman–Crippen LogP) is 2.36. The summed E-state index contributed by atoms with van der Waals surface area (Å²) in [7, 11) is 0. The van der Waals surface area contributed by atoms with E-state index in [1.165, 1.54) is 12.8 Å². The van der Waals surface area contributed by atoms with Crippen LogP contribution in [0.1, 0.15) is 37.6 Å². The average Bonchev–Trinajstić information content (AvgIpc) is 2.97. The highest BCUT2D eigenvalue weighted by atomic mass is 35.5. The van der Waals surface area contributed by atoms with E-state index in [-0.39, 0.29) is 0 Å². The van der Waals surface area contributed by atoms with Gasteiger partial charge in [-0.15, -0.1) is 0 Å². The molecule has 0 spiro atoms. The lowest BCUT2D eigenvalue weighted by Crippen LogP contribution is -2.27. The Morgan fingerprint density at radius 3 is 2.84 bits per heavy atom. The van der Waals surface area contributed by atoms with Crippen LogP contribution in [0.2, 0.25) is 5.02 Å². The van der Waals surface area contributed by atoms with Gasteiger partial charge in [-0.1, -0.05) is 18.0 Å². The SMILES string of the molecule is CCn1nc(C)c(Cl)c1CNCC1CCCC1CO. The quantitative estimate of drug-likeness (QED) is 0.844. The fourth-order valence-electron chi connectivity index (χ4n) is 3.04. The molecular formula is C14H24ClN3O. The van der Waals surface area contributed by atoms with Gasteiger partial charge in [-0.25, -0.2) is 0 Å². The molecule has 2 unspecified atom stereocenters. The minimum absolute atomic E-state index is 0.319. The third kappa shape index (κ3) is 3.30. The molecular weight excluding hydrogens is 262 g/mol. The molecule has 2 atom stereocenters. The summed E-state index contributed by atoms with van der Waals surface area (Å²) in [5.41, 5.74) is 1.97. The van der Waals surface area contributed by atoms with Crippen molar-refractivity contribution in [2.45, 2.75) is 46.2 Å². The molecule has 2 rings (SSSR count). The molecule has 0 aliphatic heterocycles. The van der Waals surface area contributed by atoms with Gasteiger partial charge in [0.2, 0.25) is 0 Å². The molecule has 19 heavy (non-hydrogen) atoms. The molecule has 108 valence electrons. The summed E-state index contributed by atoms with van der Waals surface area (Å²) in [6.45, 7) is 6.88. The molecule has 0 bridgehead atoms. The van der Waals surface area contributed by atoms with E-state index in [1.807, 2.05) is 11.6 Å². The van der Waals surface area contributed by atoms with Crippen LogP contribution >= 0.6 is 11.6 Å². The Balaban J connectivity index is 1.89. The summed E-state index contributed by atoms with van der Waals surface area (Å²) < 4.78 is 1.96. The van der Waals surface area contributed by atoms with Crippen LogP contribution < -0.4 is 5.32 Å². The number of aromatic nitrogens is 2. The number of hydrogen-bond acceptors (Lipinski definition) is 3. The summed E-state index contributed by atoms with van der Waals surface area (Å²) in [5.74, 6) is 1.07. The molecule has 0 saturated heterocycles. The van der Waals surface area contributed by atoms with Crippen LogP contribution in [-0.4, -0.2) is 28.0 Å². The van der Waals surface area contributed by atoms with E-state index >= 15 is 0 Å². The first-order chi connectivity index (χ1) is 9.17. The van der Waals surface area contributed by atoms with Gasteiger partial charge < -0.3 is 10.4 Å². The smallest absolute Gasteiger partial charge is 0.0860 e. The maximum atomic E-state index is 9.32. The van der Waals surface area contributed by atoms with Gasteiger partial charge in [0.15, 0.2) is 0 Å². The molecule has 0 radical (unpaired) electrons. The Hall–Kier alpha value is -0.580. The van der Waals surface area contributed by atoms with Crippen LogP contribution in [0.15, 0.2) is 0 Å². The number of aryl methyl sites for hydroxylation is 2. The van der Waals surface area contributed by atoms with Crippen molar-refractivity contribution in [3.8, 4) is 0 Å². The summed E-state index contributed by atoms with van der Waals surface area (Å²) >= 11 is 6.28. The summed E-state index contributed by atoms with van der Waals surface area (Å²) in [5, 5.41) is 18.0. The van der Waals surface area contributed by atoms with E-state index in [0.29, 0.717) is 18.4 Å². The Bertz CT molecular complexity index is 419. The van der Waals surface area contributed by atoms with E-state index in [2.05, 4.69) is 17.3 Å². The highest BCUT2D eigenvalue weighted by molar-refractivity contribution is 6.31. The standard InChI is InChI=1S/C14H24ClN3O/c1-3-18-13(14(15)10(2)17-18)8-16-7-11-5-4-6-12(11)9-19/h11-12,16,19H,3-9H2,1-2H3. The largest absolute Gasteiger partial charge is 0.396 e. The molecule has 1 fully saturated rings. The Labute approximate surface area is 120 Å². The number of hydrogen-bond donors (Lipinski definition) is 2. The first-order valence-corrected chi connectivity index (χ1v) is 7.58. The van der Waals surface area contributed by atoms with Crippen molar-refractivity contribution in [3.05, 3.63) is 16.4 Å². The molecule has 1 saturated carbocycles.